The van der Waals surface area contributed by atoms with Crippen LogP contribution in [0.3, 0.4) is 0 Å². The number of sulfonamides is 1. The number of benzene rings is 2. The van der Waals surface area contributed by atoms with Crippen molar-refractivity contribution >= 4 is 28.0 Å². The summed E-state index contributed by atoms with van der Waals surface area (Å²) in [7, 11) is -3.74. The van der Waals surface area contributed by atoms with E-state index in [9.17, 15) is 35.1 Å². The maximum absolute atomic E-state index is 13.2. The van der Waals surface area contributed by atoms with Crippen molar-refractivity contribution in [1.82, 2.24) is 19.3 Å². The van der Waals surface area contributed by atoms with E-state index in [0.717, 1.165) is 30.2 Å². The molecule has 1 fully saturated rings. The first-order chi connectivity index (χ1) is 20.1. The third-order valence-electron chi connectivity index (χ3n) is 6.42. The molecule has 0 amide bonds. The molecule has 1 unspecified atom stereocenters. The summed E-state index contributed by atoms with van der Waals surface area (Å²) in [4.78, 5) is 11.9. The second-order valence-corrected chi connectivity index (χ2v) is 12.4. The van der Waals surface area contributed by atoms with Crippen LogP contribution in [0, 0.1) is 5.92 Å². The Morgan fingerprint density at radius 3 is 2.26 bits per heavy atom. The second-order valence-electron chi connectivity index (χ2n) is 10.4. The molecule has 234 valence electrons. The Balaban J connectivity index is 1.46. The Kier molecular flexibility index (Phi) is 9.81. The average molecular weight is 633 g/mol. The maximum atomic E-state index is 13.2. The van der Waals surface area contributed by atoms with Gasteiger partial charge in [-0.1, -0.05) is 36.3 Å². The van der Waals surface area contributed by atoms with Crippen molar-refractivity contribution in [3.8, 4) is 6.01 Å². The zero-order chi connectivity index (χ0) is 31.4. The molecule has 43 heavy (non-hydrogen) atoms. The molecule has 0 saturated carbocycles. The van der Waals surface area contributed by atoms with E-state index < -0.39 is 40.9 Å². The number of aromatic nitrogens is 3. The van der Waals surface area contributed by atoms with Gasteiger partial charge in [0.15, 0.2) is 21.9 Å². The van der Waals surface area contributed by atoms with E-state index in [-0.39, 0.29) is 41.6 Å². The Hall–Kier alpha value is -3.50. The molecule has 9 nitrogen and oxygen atoms in total. The van der Waals surface area contributed by atoms with Gasteiger partial charge in [-0.05, 0) is 61.1 Å². The monoisotopic (exact) mass is 632 g/mol. The Bertz CT molecular complexity index is 1430. The summed E-state index contributed by atoms with van der Waals surface area (Å²) in [5, 5.41) is 5.49. The predicted molar refractivity (Wildman–Crippen MR) is 146 cm³/mol. The van der Waals surface area contributed by atoms with Gasteiger partial charge in [-0.2, -0.15) is 41.3 Å². The van der Waals surface area contributed by atoms with Gasteiger partial charge >= 0.3 is 18.4 Å². The number of nitrogens with one attached hydrogen (secondary N) is 2. The van der Waals surface area contributed by atoms with Crippen molar-refractivity contribution in [2.24, 2.45) is 5.92 Å². The van der Waals surface area contributed by atoms with Crippen LogP contribution in [0.25, 0.3) is 0 Å². The van der Waals surface area contributed by atoms with E-state index in [4.69, 9.17) is 0 Å². The van der Waals surface area contributed by atoms with Crippen LogP contribution in [-0.2, 0) is 27.2 Å². The van der Waals surface area contributed by atoms with Crippen molar-refractivity contribution in [3.05, 3.63) is 59.7 Å². The SMILES string of the molecule is CC(C)Cc1ccc([S+](=O)([O-])N2CCC(Nc3nc(Nc4cccc(C(F)(F)F)c4)nc(OCC(F)(F)F)n3)CC2)cc1. The van der Waals surface area contributed by atoms with Gasteiger partial charge in [-0.15, -0.1) is 4.31 Å². The van der Waals surface area contributed by atoms with Crippen LogP contribution in [0.1, 0.15) is 37.8 Å². The maximum Gasteiger partial charge on any atom is 0.422 e. The number of rotatable bonds is 10. The van der Waals surface area contributed by atoms with E-state index in [2.05, 4.69) is 44.2 Å². The number of nitrogens with zero attached hydrogens (tertiary/aromatic N) is 4. The van der Waals surface area contributed by atoms with Crippen molar-refractivity contribution < 1.29 is 39.8 Å². The number of hydrogen-bond acceptors (Lipinski definition) is 8. The molecule has 2 heterocycles. The van der Waals surface area contributed by atoms with E-state index in [1.165, 1.54) is 10.4 Å². The number of hydrogen-bond donors (Lipinski definition) is 2. The molecule has 1 saturated heterocycles. The fourth-order valence-corrected chi connectivity index (χ4v) is 5.90. The van der Waals surface area contributed by atoms with Crippen LogP contribution >= 0.6 is 0 Å². The van der Waals surface area contributed by atoms with Gasteiger partial charge in [-0.3, -0.25) is 0 Å². The first-order valence-electron chi connectivity index (χ1n) is 13.3. The zero-order valence-electron chi connectivity index (χ0n) is 23.2. The predicted octanol–water partition coefficient (Wildman–Crippen LogP) is 6.25. The lowest BCUT2D eigenvalue weighted by atomic mass is 10.0. The molecule has 0 spiro atoms. The molecule has 0 radical (unpaired) electrons. The molecule has 2 aromatic carbocycles. The minimum absolute atomic E-state index is 0.0653. The minimum Gasteiger partial charge on any atom is -0.593 e. The number of piperidine rings is 1. The molecule has 0 aliphatic carbocycles. The van der Waals surface area contributed by atoms with Crippen molar-refractivity contribution in [2.75, 3.05) is 30.3 Å². The van der Waals surface area contributed by atoms with Crippen molar-refractivity contribution in [1.29, 1.82) is 0 Å². The molecule has 4 rings (SSSR count). The molecule has 16 heteroatoms. The molecule has 1 aromatic heterocycles. The van der Waals surface area contributed by atoms with Gasteiger partial charge in [0.25, 0.3) is 0 Å². The number of ether oxygens (including phenoxy) is 1. The molecular formula is C27H30F6N6O3S. The lowest BCUT2D eigenvalue weighted by Crippen LogP contribution is -2.45. The Morgan fingerprint density at radius 2 is 1.65 bits per heavy atom. The zero-order valence-corrected chi connectivity index (χ0v) is 24.0. The molecule has 1 atom stereocenters. The first-order valence-corrected chi connectivity index (χ1v) is 14.8. The highest BCUT2D eigenvalue weighted by Crippen LogP contribution is 2.32. The van der Waals surface area contributed by atoms with Crippen LogP contribution in [-0.4, -0.2) is 55.7 Å². The topological polar surface area (TPSA) is 115 Å². The van der Waals surface area contributed by atoms with Gasteiger partial charge in [0.05, 0.1) is 5.56 Å². The highest BCUT2D eigenvalue weighted by atomic mass is 32.3. The summed E-state index contributed by atoms with van der Waals surface area (Å²) in [6, 6.07) is 9.80. The summed E-state index contributed by atoms with van der Waals surface area (Å²) < 4.78 is 110. The van der Waals surface area contributed by atoms with E-state index in [1.54, 1.807) is 24.3 Å². The number of alkyl halides is 6. The summed E-state index contributed by atoms with van der Waals surface area (Å²) in [5.41, 5.74) is 0.0193. The van der Waals surface area contributed by atoms with Gasteiger partial charge < -0.3 is 19.9 Å². The van der Waals surface area contributed by atoms with Gasteiger partial charge in [-0.25, -0.2) is 0 Å². The molecule has 2 N–H and O–H groups in total. The normalized spacial score (nSPS) is 16.6. The summed E-state index contributed by atoms with van der Waals surface area (Å²) in [6.07, 6.45) is -7.84. The van der Waals surface area contributed by atoms with E-state index in [0.29, 0.717) is 18.8 Å². The minimum atomic E-state index is -4.69. The molecular weight excluding hydrogens is 602 g/mol. The van der Waals surface area contributed by atoms with Crippen LogP contribution in [0.15, 0.2) is 53.4 Å². The lowest BCUT2D eigenvalue weighted by molar-refractivity contribution is -0.154. The summed E-state index contributed by atoms with van der Waals surface area (Å²) in [6.45, 7) is 2.76. The van der Waals surface area contributed by atoms with Gasteiger partial charge in [0.1, 0.15) is 0 Å². The van der Waals surface area contributed by atoms with Crippen LogP contribution in [0.2, 0.25) is 0 Å². The Morgan fingerprint density at radius 1 is 1.00 bits per heavy atom. The fourth-order valence-electron chi connectivity index (χ4n) is 4.43. The van der Waals surface area contributed by atoms with Gasteiger partial charge in [0.2, 0.25) is 11.9 Å². The summed E-state index contributed by atoms with van der Waals surface area (Å²) >= 11 is 0. The largest absolute Gasteiger partial charge is 0.593 e. The fraction of sp³-hybridized carbons (Fsp3) is 0.444. The van der Waals surface area contributed by atoms with E-state index >= 15 is 0 Å². The number of halogens is 6. The molecule has 1 aliphatic rings. The van der Waals surface area contributed by atoms with Crippen LogP contribution in [0.4, 0.5) is 43.9 Å². The highest BCUT2D eigenvalue weighted by molar-refractivity contribution is 7.95. The molecule has 3 aromatic rings. The standard InChI is InChI=1S/C27H30F6N6O3S/c1-17(2)14-18-6-8-22(9-7-18)43(40,41)39-12-10-20(11-13-39)34-23-36-24(38-25(37-23)42-16-26(28,29)30)35-21-5-3-4-19(15-21)27(31,32)33/h3-9,15,17,20H,10-14,16H2,1-2H3,(H2-,34,35,36,37,38,40,41). The molecule has 1 aliphatic heterocycles. The van der Waals surface area contributed by atoms with Crippen molar-refractivity contribution in [2.45, 2.75) is 56.4 Å². The number of anilines is 3. The average Bonchev–Trinajstić information content (AvgIpc) is 2.91. The second kappa shape index (κ2) is 13.0. The van der Waals surface area contributed by atoms with Crippen LogP contribution < -0.4 is 15.4 Å². The Labute approximate surface area is 245 Å². The van der Waals surface area contributed by atoms with E-state index in [1.807, 2.05) is 0 Å². The lowest BCUT2D eigenvalue weighted by Gasteiger charge is -2.34. The first kappa shape index (κ1) is 32.4. The quantitative estimate of drug-likeness (QED) is 0.199. The van der Waals surface area contributed by atoms with Crippen LogP contribution in [0.5, 0.6) is 6.01 Å². The molecule has 0 bridgehead atoms. The summed E-state index contributed by atoms with van der Waals surface area (Å²) in [5.74, 6) is -0.114. The smallest absolute Gasteiger partial charge is 0.422 e. The highest BCUT2D eigenvalue weighted by Gasteiger charge is 2.35. The third-order valence-corrected chi connectivity index (χ3v) is 8.33. The van der Waals surface area contributed by atoms with Gasteiger partial charge in [0, 0.05) is 24.8 Å². The third kappa shape index (κ3) is 9.24. The van der Waals surface area contributed by atoms with Crippen molar-refractivity contribution in [3.63, 3.8) is 0 Å².